The number of nitrogens with one attached hydrogen (secondary N) is 1. The van der Waals surface area contributed by atoms with Crippen molar-refractivity contribution in [3.05, 3.63) is 29.8 Å². The van der Waals surface area contributed by atoms with Crippen molar-refractivity contribution in [1.29, 1.82) is 0 Å². The standard InChI is InChI=1S/C18H28N2O/c1-15-5-3-6-17(11-15)20(2)13-18(9-4-10-21-14-18)12-19-16-7-8-16/h3,5-6,11,16,19H,4,7-10,12-14H2,1-2H3. The predicted octanol–water partition coefficient (Wildman–Crippen LogP) is 2.98. The number of hydrogen-bond acceptors (Lipinski definition) is 3. The highest BCUT2D eigenvalue weighted by molar-refractivity contribution is 5.47. The van der Waals surface area contributed by atoms with Crippen LogP contribution in [-0.4, -0.2) is 39.4 Å². The van der Waals surface area contributed by atoms with E-state index in [1.54, 1.807) is 0 Å². The zero-order valence-electron chi connectivity index (χ0n) is 13.4. The van der Waals surface area contributed by atoms with Gasteiger partial charge in [-0.2, -0.15) is 0 Å². The molecule has 3 nitrogen and oxygen atoms in total. The minimum atomic E-state index is 0.263. The van der Waals surface area contributed by atoms with Crippen LogP contribution in [0.5, 0.6) is 0 Å². The van der Waals surface area contributed by atoms with Gasteiger partial charge in [0.1, 0.15) is 0 Å². The summed E-state index contributed by atoms with van der Waals surface area (Å²) < 4.78 is 5.83. The fourth-order valence-electron chi connectivity index (χ4n) is 3.34. The Morgan fingerprint density at radius 2 is 2.24 bits per heavy atom. The number of ether oxygens (including phenoxy) is 1. The molecule has 1 unspecified atom stereocenters. The first-order chi connectivity index (χ1) is 10.2. The number of hydrogen-bond donors (Lipinski definition) is 1. The second kappa shape index (κ2) is 6.37. The van der Waals surface area contributed by atoms with Gasteiger partial charge >= 0.3 is 0 Å². The van der Waals surface area contributed by atoms with E-state index in [0.717, 1.165) is 32.3 Å². The van der Waals surface area contributed by atoms with Gasteiger partial charge in [0.05, 0.1) is 6.61 Å². The molecule has 3 heteroatoms. The first-order valence-corrected chi connectivity index (χ1v) is 8.26. The molecule has 0 amide bonds. The number of anilines is 1. The van der Waals surface area contributed by atoms with Crippen LogP contribution >= 0.6 is 0 Å². The molecule has 2 aliphatic rings. The molecule has 1 aromatic carbocycles. The molecule has 1 aromatic rings. The van der Waals surface area contributed by atoms with Crippen LogP contribution in [0.2, 0.25) is 0 Å². The maximum atomic E-state index is 5.83. The topological polar surface area (TPSA) is 24.5 Å². The van der Waals surface area contributed by atoms with E-state index in [4.69, 9.17) is 4.74 Å². The van der Waals surface area contributed by atoms with Gasteiger partial charge in [0.15, 0.2) is 0 Å². The molecule has 21 heavy (non-hydrogen) atoms. The van der Waals surface area contributed by atoms with Gasteiger partial charge in [-0.3, -0.25) is 0 Å². The van der Waals surface area contributed by atoms with Crippen molar-refractivity contribution in [3.63, 3.8) is 0 Å². The molecule has 2 fully saturated rings. The molecule has 1 atom stereocenters. The maximum Gasteiger partial charge on any atom is 0.0551 e. The highest BCUT2D eigenvalue weighted by Gasteiger charge is 2.36. The molecule has 1 N–H and O–H groups in total. The molecule has 1 saturated carbocycles. The van der Waals surface area contributed by atoms with Crippen molar-refractivity contribution in [3.8, 4) is 0 Å². The lowest BCUT2D eigenvalue weighted by Crippen LogP contribution is -2.48. The maximum absolute atomic E-state index is 5.83. The van der Waals surface area contributed by atoms with Gasteiger partial charge in [-0.25, -0.2) is 0 Å². The van der Waals surface area contributed by atoms with E-state index in [2.05, 4.69) is 48.5 Å². The highest BCUT2D eigenvalue weighted by Crippen LogP contribution is 2.32. The van der Waals surface area contributed by atoms with E-state index >= 15 is 0 Å². The molecule has 1 saturated heterocycles. The van der Waals surface area contributed by atoms with Crippen LogP contribution in [0.3, 0.4) is 0 Å². The number of nitrogens with zero attached hydrogens (tertiary/aromatic N) is 1. The van der Waals surface area contributed by atoms with Crippen LogP contribution in [-0.2, 0) is 4.74 Å². The van der Waals surface area contributed by atoms with Crippen molar-refractivity contribution in [2.75, 3.05) is 38.3 Å². The lowest BCUT2D eigenvalue weighted by molar-refractivity contribution is -0.00292. The Bertz CT molecular complexity index is 464. The SMILES string of the molecule is Cc1cccc(N(C)CC2(CNC3CC3)CCCOC2)c1. The predicted molar refractivity (Wildman–Crippen MR) is 88.0 cm³/mol. The summed E-state index contributed by atoms with van der Waals surface area (Å²) in [6.45, 7) is 6.14. The second-order valence-corrected chi connectivity index (χ2v) is 7.01. The number of rotatable bonds is 6. The molecule has 0 bridgehead atoms. The third-order valence-electron chi connectivity index (χ3n) is 4.76. The largest absolute Gasteiger partial charge is 0.381 e. The average molecular weight is 288 g/mol. The van der Waals surface area contributed by atoms with E-state index in [-0.39, 0.29) is 5.41 Å². The summed E-state index contributed by atoms with van der Waals surface area (Å²) in [5, 5.41) is 3.73. The second-order valence-electron chi connectivity index (χ2n) is 7.01. The summed E-state index contributed by atoms with van der Waals surface area (Å²) in [4.78, 5) is 2.40. The quantitative estimate of drug-likeness (QED) is 0.871. The van der Waals surface area contributed by atoms with E-state index in [9.17, 15) is 0 Å². The monoisotopic (exact) mass is 288 g/mol. The molecule has 0 spiro atoms. The summed E-state index contributed by atoms with van der Waals surface area (Å²) in [5.74, 6) is 0. The summed E-state index contributed by atoms with van der Waals surface area (Å²) in [6.07, 6.45) is 5.16. The zero-order chi connectivity index (χ0) is 14.7. The van der Waals surface area contributed by atoms with Crippen molar-refractivity contribution in [2.24, 2.45) is 5.41 Å². The van der Waals surface area contributed by atoms with Crippen molar-refractivity contribution in [1.82, 2.24) is 5.32 Å². The lowest BCUT2D eigenvalue weighted by Gasteiger charge is -2.40. The molecule has 1 aliphatic heterocycles. The fourth-order valence-corrected chi connectivity index (χ4v) is 3.34. The summed E-state index contributed by atoms with van der Waals surface area (Å²) in [6, 6.07) is 9.55. The van der Waals surface area contributed by atoms with Crippen LogP contribution in [0.1, 0.15) is 31.2 Å². The summed E-state index contributed by atoms with van der Waals surface area (Å²) in [7, 11) is 2.21. The Labute approximate surface area is 128 Å². The Morgan fingerprint density at radius 1 is 1.38 bits per heavy atom. The molecular weight excluding hydrogens is 260 g/mol. The molecule has 1 aliphatic carbocycles. The average Bonchev–Trinajstić information content (AvgIpc) is 3.30. The summed E-state index contributed by atoms with van der Waals surface area (Å²) in [5.41, 5.74) is 2.90. The number of benzene rings is 1. The molecule has 0 aromatic heterocycles. The van der Waals surface area contributed by atoms with Gasteiger partial charge in [-0.05, 0) is 50.3 Å². The van der Waals surface area contributed by atoms with E-state index < -0.39 is 0 Å². The normalized spacial score (nSPS) is 25.8. The van der Waals surface area contributed by atoms with Crippen molar-refractivity contribution < 1.29 is 4.74 Å². The van der Waals surface area contributed by atoms with Gasteiger partial charge in [0.2, 0.25) is 0 Å². The van der Waals surface area contributed by atoms with Crippen LogP contribution in [0, 0.1) is 12.3 Å². The summed E-state index contributed by atoms with van der Waals surface area (Å²) >= 11 is 0. The fraction of sp³-hybridized carbons (Fsp3) is 0.667. The van der Waals surface area contributed by atoms with Gasteiger partial charge in [0, 0.05) is 43.9 Å². The van der Waals surface area contributed by atoms with E-state index in [1.807, 2.05) is 0 Å². The molecule has 1 heterocycles. The van der Waals surface area contributed by atoms with E-state index in [1.165, 1.54) is 36.9 Å². The first kappa shape index (κ1) is 14.9. The first-order valence-electron chi connectivity index (χ1n) is 8.26. The van der Waals surface area contributed by atoms with Gasteiger partial charge in [-0.1, -0.05) is 12.1 Å². The van der Waals surface area contributed by atoms with Crippen LogP contribution < -0.4 is 10.2 Å². The lowest BCUT2D eigenvalue weighted by atomic mass is 9.81. The highest BCUT2D eigenvalue weighted by atomic mass is 16.5. The Kier molecular flexibility index (Phi) is 4.51. The third kappa shape index (κ3) is 3.98. The van der Waals surface area contributed by atoms with E-state index in [0.29, 0.717) is 0 Å². The Morgan fingerprint density at radius 3 is 2.90 bits per heavy atom. The van der Waals surface area contributed by atoms with Gasteiger partial charge in [-0.15, -0.1) is 0 Å². The number of aryl methyl sites for hydroxylation is 1. The van der Waals surface area contributed by atoms with Gasteiger partial charge < -0.3 is 15.0 Å². The van der Waals surface area contributed by atoms with Crippen LogP contribution in [0.4, 0.5) is 5.69 Å². The molecule has 0 radical (unpaired) electrons. The minimum Gasteiger partial charge on any atom is -0.381 e. The zero-order valence-corrected chi connectivity index (χ0v) is 13.4. The smallest absolute Gasteiger partial charge is 0.0551 e. The van der Waals surface area contributed by atoms with Gasteiger partial charge in [0.25, 0.3) is 0 Å². The van der Waals surface area contributed by atoms with Crippen LogP contribution in [0.25, 0.3) is 0 Å². The molecular formula is C18H28N2O. The Balaban J connectivity index is 1.67. The van der Waals surface area contributed by atoms with Crippen molar-refractivity contribution >= 4 is 5.69 Å². The minimum absolute atomic E-state index is 0.263. The molecule has 3 rings (SSSR count). The Hall–Kier alpha value is -1.06. The molecule has 116 valence electrons. The van der Waals surface area contributed by atoms with Crippen molar-refractivity contribution in [2.45, 2.75) is 38.6 Å². The third-order valence-corrected chi connectivity index (χ3v) is 4.76. The van der Waals surface area contributed by atoms with Crippen LogP contribution in [0.15, 0.2) is 24.3 Å².